The predicted octanol–water partition coefficient (Wildman–Crippen LogP) is 4.45. The summed E-state index contributed by atoms with van der Waals surface area (Å²) in [6.07, 6.45) is 1.42. The number of rotatable bonds is 6. The number of Topliss-reactive ketones (excluding diaryl/α,β-unsaturated/α-hetero) is 1. The molecule has 0 aliphatic carbocycles. The lowest BCUT2D eigenvalue weighted by atomic mass is 10.1. The van der Waals surface area contributed by atoms with E-state index in [-0.39, 0.29) is 39.9 Å². The zero-order valence-electron chi connectivity index (χ0n) is 17.6. The van der Waals surface area contributed by atoms with Crippen molar-refractivity contribution in [3.63, 3.8) is 0 Å². The standard InChI is InChI=1S/C24H17NO8/c1-30-18-10-15(11-19(12-18)31-2)24(27)32-17-6-7-20-21(13-17)33-22(23(20)26)9-14-4-3-5-16(8-14)25(28)29/h3-13H,1-2H3/b22-9-. The molecule has 9 nitrogen and oxygen atoms in total. The Labute approximate surface area is 187 Å². The number of fused-ring (bicyclic) bond motifs is 1. The molecule has 1 aliphatic heterocycles. The van der Waals surface area contributed by atoms with Gasteiger partial charge in [-0.3, -0.25) is 14.9 Å². The first-order valence-electron chi connectivity index (χ1n) is 9.66. The fourth-order valence-corrected chi connectivity index (χ4v) is 3.20. The molecule has 0 radical (unpaired) electrons. The van der Waals surface area contributed by atoms with Gasteiger partial charge < -0.3 is 18.9 Å². The van der Waals surface area contributed by atoms with Crippen molar-refractivity contribution in [1.82, 2.24) is 0 Å². The highest BCUT2D eigenvalue weighted by Crippen LogP contribution is 2.35. The van der Waals surface area contributed by atoms with Crippen molar-refractivity contribution in [3.05, 3.63) is 93.2 Å². The summed E-state index contributed by atoms with van der Waals surface area (Å²) in [7, 11) is 2.94. The average Bonchev–Trinajstić information content (AvgIpc) is 3.13. The molecule has 166 valence electrons. The lowest BCUT2D eigenvalue weighted by Crippen LogP contribution is -2.09. The molecule has 0 atom stereocenters. The van der Waals surface area contributed by atoms with Gasteiger partial charge in [-0.25, -0.2) is 4.79 Å². The smallest absolute Gasteiger partial charge is 0.343 e. The monoisotopic (exact) mass is 447 g/mol. The number of carbonyl (C=O) groups excluding carboxylic acids is 2. The highest BCUT2D eigenvalue weighted by molar-refractivity contribution is 6.14. The third kappa shape index (κ3) is 4.52. The maximum Gasteiger partial charge on any atom is 0.343 e. The molecule has 0 N–H and O–H groups in total. The van der Waals surface area contributed by atoms with Crippen molar-refractivity contribution >= 4 is 23.5 Å². The second-order valence-electron chi connectivity index (χ2n) is 6.94. The Balaban J connectivity index is 1.55. The number of methoxy groups -OCH3 is 2. The van der Waals surface area contributed by atoms with Crippen LogP contribution in [0, 0.1) is 10.1 Å². The molecule has 9 heteroatoms. The SMILES string of the molecule is COc1cc(OC)cc(C(=O)Oc2ccc3c(c2)O/C(=C\c2cccc([N+](=O)[O-])c2)C3=O)c1. The second kappa shape index (κ2) is 8.83. The molecule has 0 saturated heterocycles. The Morgan fingerprint density at radius 2 is 1.70 bits per heavy atom. The van der Waals surface area contributed by atoms with Crippen LogP contribution in [0.5, 0.6) is 23.0 Å². The lowest BCUT2D eigenvalue weighted by molar-refractivity contribution is -0.384. The molecular formula is C24H17NO8. The van der Waals surface area contributed by atoms with Crippen LogP contribution in [0.25, 0.3) is 6.08 Å². The Kier molecular flexibility index (Phi) is 5.77. The van der Waals surface area contributed by atoms with Crippen LogP contribution in [0.2, 0.25) is 0 Å². The zero-order valence-corrected chi connectivity index (χ0v) is 17.6. The van der Waals surface area contributed by atoms with Crippen LogP contribution in [0.4, 0.5) is 5.69 Å². The second-order valence-corrected chi connectivity index (χ2v) is 6.94. The summed E-state index contributed by atoms with van der Waals surface area (Å²) < 4.78 is 21.4. The maximum absolute atomic E-state index is 12.7. The van der Waals surface area contributed by atoms with Crippen LogP contribution in [-0.2, 0) is 0 Å². The van der Waals surface area contributed by atoms with Gasteiger partial charge in [-0.05, 0) is 35.9 Å². The Morgan fingerprint density at radius 1 is 0.970 bits per heavy atom. The first kappa shape index (κ1) is 21.6. The van der Waals surface area contributed by atoms with E-state index in [9.17, 15) is 19.7 Å². The van der Waals surface area contributed by atoms with Gasteiger partial charge in [0.25, 0.3) is 5.69 Å². The van der Waals surface area contributed by atoms with Gasteiger partial charge >= 0.3 is 5.97 Å². The molecule has 0 unspecified atom stereocenters. The number of hydrogen-bond acceptors (Lipinski definition) is 8. The maximum atomic E-state index is 12.7. The molecule has 0 aromatic heterocycles. The molecule has 1 aliphatic rings. The molecule has 0 bridgehead atoms. The number of benzene rings is 3. The van der Waals surface area contributed by atoms with E-state index in [0.29, 0.717) is 17.1 Å². The molecule has 0 saturated carbocycles. The topological polar surface area (TPSA) is 114 Å². The first-order valence-corrected chi connectivity index (χ1v) is 9.66. The minimum absolute atomic E-state index is 0.00602. The van der Waals surface area contributed by atoms with E-state index in [1.807, 2.05) is 0 Å². The summed E-state index contributed by atoms with van der Waals surface area (Å²) in [6, 6.07) is 14.9. The van der Waals surface area contributed by atoms with Gasteiger partial charge in [0, 0.05) is 24.3 Å². The van der Waals surface area contributed by atoms with Crippen LogP contribution in [0.3, 0.4) is 0 Å². The van der Waals surface area contributed by atoms with E-state index in [1.165, 1.54) is 68.8 Å². The summed E-state index contributed by atoms with van der Waals surface area (Å²) in [6.45, 7) is 0. The van der Waals surface area contributed by atoms with E-state index >= 15 is 0 Å². The van der Waals surface area contributed by atoms with Crippen molar-refractivity contribution in [2.45, 2.75) is 0 Å². The quantitative estimate of drug-likeness (QED) is 0.179. The number of nitro groups is 1. The van der Waals surface area contributed by atoms with Crippen LogP contribution < -0.4 is 18.9 Å². The van der Waals surface area contributed by atoms with Crippen molar-refractivity contribution in [1.29, 1.82) is 0 Å². The van der Waals surface area contributed by atoms with E-state index in [2.05, 4.69) is 0 Å². The number of hydrogen-bond donors (Lipinski definition) is 0. The summed E-state index contributed by atoms with van der Waals surface area (Å²) in [5, 5.41) is 11.0. The zero-order chi connectivity index (χ0) is 23.5. The van der Waals surface area contributed by atoms with Gasteiger partial charge in [0.1, 0.15) is 23.0 Å². The normalized spacial score (nSPS) is 13.3. The molecule has 33 heavy (non-hydrogen) atoms. The van der Waals surface area contributed by atoms with Gasteiger partial charge in [0.15, 0.2) is 5.76 Å². The van der Waals surface area contributed by atoms with E-state index in [0.717, 1.165) is 0 Å². The number of non-ortho nitro benzene ring substituents is 1. The van der Waals surface area contributed by atoms with Crippen molar-refractivity contribution in [2.24, 2.45) is 0 Å². The van der Waals surface area contributed by atoms with Gasteiger partial charge in [-0.15, -0.1) is 0 Å². The van der Waals surface area contributed by atoms with Crippen molar-refractivity contribution in [3.8, 4) is 23.0 Å². The number of nitro benzene ring substituents is 1. The molecule has 3 aromatic rings. The van der Waals surface area contributed by atoms with Crippen LogP contribution in [0.1, 0.15) is 26.3 Å². The number of carbonyl (C=O) groups is 2. The molecule has 4 rings (SSSR count). The minimum Gasteiger partial charge on any atom is -0.497 e. The fraction of sp³-hybridized carbons (Fsp3) is 0.0833. The molecule has 0 spiro atoms. The number of nitrogens with zero attached hydrogens (tertiary/aromatic N) is 1. The van der Waals surface area contributed by atoms with Crippen LogP contribution in [0.15, 0.2) is 66.4 Å². The van der Waals surface area contributed by atoms with Gasteiger partial charge in [0.05, 0.1) is 30.3 Å². The van der Waals surface area contributed by atoms with Gasteiger partial charge in [-0.1, -0.05) is 12.1 Å². The molecule has 3 aromatic carbocycles. The first-order chi connectivity index (χ1) is 15.9. The Bertz CT molecular complexity index is 1290. The minimum atomic E-state index is -0.649. The average molecular weight is 447 g/mol. The van der Waals surface area contributed by atoms with Crippen molar-refractivity contribution in [2.75, 3.05) is 14.2 Å². The number of allylic oxidation sites excluding steroid dienone is 1. The highest BCUT2D eigenvalue weighted by Gasteiger charge is 2.28. The van der Waals surface area contributed by atoms with Gasteiger partial charge in [-0.2, -0.15) is 0 Å². The third-order valence-corrected chi connectivity index (χ3v) is 4.82. The molecule has 0 amide bonds. The summed E-state index contributed by atoms with van der Waals surface area (Å²) >= 11 is 0. The van der Waals surface area contributed by atoms with Crippen molar-refractivity contribution < 1.29 is 33.5 Å². The molecule has 0 fully saturated rings. The van der Waals surface area contributed by atoms with E-state index < -0.39 is 10.9 Å². The van der Waals surface area contributed by atoms with E-state index in [1.54, 1.807) is 12.1 Å². The Morgan fingerprint density at radius 3 is 2.36 bits per heavy atom. The predicted molar refractivity (Wildman–Crippen MR) is 117 cm³/mol. The fourth-order valence-electron chi connectivity index (χ4n) is 3.20. The van der Waals surface area contributed by atoms with Crippen LogP contribution in [-0.4, -0.2) is 30.9 Å². The lowest BCUT2D eigenvalue weighted by Gasteiger charge is -2.09. The number of esters is 1. The molecule has 1 heterocycles. The summed E-state index contributed by atoms with van der Waals surface area (Å²) in [4.78, 5) is 35.7. The van der Waals surface area contributed by atoms with Gasteiger partial charge in [0.2, 0.25) is 5.78 Å². The Hall–Kier alpha value is -4.66. The highest BCUT2D eigenvalue weighted by atomic mass is 16.6. The van der Waals surface area contributed by atoms with Crippen LogP contribution >= 0.6 is 0 Å². The summed E-state index contributed by atoms with van der Waals surface area (Å²) in [5.41, 5.74) is 0.846. The molecular weight excluding hydrogens is 430 g/mol. The largest absolute Gasteiger partial charge is 0.497 e. The number of ketones is 1. The third-order valence-electron chi connectivity index (χ3n) is 4.82. The summed E-state index contributed by atoms with van der Waals surface area (Å²) in [5.74, 6) is 0.220. The van der Waals surface area contributed by atoms with E-state index in [4.69, 9.17) is 18.9 Å². The number of ether oxygens (including phenoxy) is 4.